The Morgan fingerprint density at radius 2 is 2.14 bits per heavy atom. The van der Waals surface area contributed by atoms with Gasteiger partial charge in [-0.15, -0.1) is 10.2 Å². The molecule has 1 aromatic carbocycles. The largest absolute Gasteiger partial charge is 0.450 e. The minimum atomic E-state index is -0.520. The summed E-state index contributed by atoms with van der Waals surface area (Å²) in [6.07, 6.45) is 1.65. The maximum atomic E-state index is 11.4. The summed E-state index contributed by atoms with van der Waals surface area (Å²) in [7, 11) is 0. The first-order chi connectivity index (χ1) is 10.8. The highest BCUT2D eigenvalue weighted by atomic mass is 16.5. The average Bonchev–Trinajstić information content (AvgIpc) is 2.55. The van der Waals surface area contributed by atoms with Crippen LogP contribution in [0.2, 0.25) is 0 Å². The second-order valence-electron chi connectivity index (χ2n) is 5.01. The lowest BCUT2D eigenvalue weighted by Gasteiger charge is -2.29. The number of nitrogens with one attached hydrogen (secondary N) is 1. The molecule has 22 heavy (non-hydrogen) atoms. The van der Waals surface area contributed by atoms with Crippen LogP contribution < -0.4 is 10.2 Å². The van der Waals surface area contributed by atoms with Crippen molar-refractivity contribution >= 4 is 23.4 Å². The van der Waals surface area contributed by atoms with E-state index in [9.17, 15) is 4.79 Å². The zero-order valence-corrected chi connectivity index (χ0v) is 12.5. The highest BCUT2D eigenvalue weighted by Gasteiger charge is 2.19. The molecule has 2 heterocycles. The third kappa shape index (κ3) is 3.00. The van der Waals surface area contributed by atoms with E-state index in [0.717, 1.165) is 25.2 Å². The van der Waals surface area contributed by atoms with E-state index in [1.807, 2.05) is 12.1 Å². The summed E-state index contributed by atoms with van der Waals surface area (Å²) >= 11 is 0. The highest BCUT2D eigenvalue weighted by Crippen LogP contribution is 2.31. The zero-order valence-electron chi connectivity index (χ0n) is 12.5. The van der Waals surface area contributed by atoms with Crippen molar-refractivity contribution in [3.05, 3.63) is 42.0 Å². The molecule has 1 N–H and O–H groups in total. The Morgan fingerprint density at radius 1 is 1.27 bits per heavy atom. The van der Waals surface area contributed by atoms with Crippen molar-refractivity contribution in [3.63, 3.8) is 0 Å². The Kier molecular flexibility index (Phi) is 4.18. The molecule has 0 saturated carbocycles. The summed E-state index contributed by atoms with van der Waals surface area (Å²) in [4.78, 5) is 13.5. The van der Waals surface area contributed by atoms with Crippen molar-refractivity contribution in [3.8, 4) is 0 Å². The quantitative estimate of drug-likeness (QED) is 0.943. The Labute approximate surface area is 129 Å². The first-order valence-corrected chi connectivity index (χ1v) is 7.41. The number of fused-ring (bicyclic) bond motifs is 1. The predicted molar refractivity (Wildman–Crippen MR) is 84.4 cm³/mol. The van der Waals surface area contributed by atoms with Crippen LogP contribution in [0.1, 0.15) is 18.9 Å². The summed E-state index contributed by atoms with van der Waals surface area (Å²) in [5, 5.41) is 10.8. The lowest BCUT2D eigenvalue weighted by atomic mass is 10.0. The van der Waals surface area contributed by atoms with E-state index in [4.69, 9.17) is 4.74 Å². The molecule has 6 nitrogen and oxygen atoms in total. The van der Waals surface area contributed by atoms with Gasteiger partial charge in [0.1, 0.15) is 0 Å². The predicted octanol–water partition coefficient (Wildman–Crippen LogP) is 3.13. The molecule has 1 aliphatic rings. The maximum Gasteiger partial charge on any atom is 0.412 e. The van der Waals surface area contributed by atoms with Crippen LogP contribution in [0, 0.1) is 0 Å². The molecule has 1 amide bonds. The molecule has 6 heteroatoms. The topological polar surface area (TPSA) is 67.3 Å². The van der Waals surface area contributed by atoms with Gasteiger partial charge in [0.2, 0.25) is 0 Å². The number of hydrogen-bond acceptors (Lipinski definition) is 5. The fourth-order valence-electron chi connectivity index (χ4n) is 2.58. The van der Waals surface area contributed by atoms with Gasteiger partial charge < -0.3 is 9.64 Å². The van der Waals surface area contributed by atoms with E-state index in [0.29, 0.717) is 12.4 Å². The molecule has 0 spiro atoms. The monoisotopic (exact) mass is 298 g/mol. The Morgan fingerprint density at radius 3 is 2.91 bits per heavy atom. The first-order valence-electron chi connectivity index (χ1n) is 7.41. The Balaban J connectivity index is 1.78. The van der Waals surface area contributed by atoms with Crippen molar-refractivity contribution in [2.45, 2.75) is 19.8 Å². The minimum absolute atomic E-state index is 0.321. The van der Waals surface area contributed by atoms with Crippen LogP contribution in [0.5, 0.6) is 0 Å². The summed E-state index contributed by atoms with van der Waals surface area (Å²) in [5.74, 6) is 1.16. The molecule has 2 aromatic rings. The van der Waals surface area contributed by atoms with E-state index < -0.39 is 6.09 Å². The zero-order chi connectivity index (χ0) is 15.4. The summed E-state index contributed by atoms with van der Waals surface area (Å²) < 4.78 is 4.81. The van der Waals surface area contributed by atoms with Crippen LogP contribution in [0.15, 0.2) is 36.4 Å². The molecular formula is C16H18N4O2. The molecule has 0 aliphatic carbocycles. The summed E-state index contributed by atoms with van der Waals surface area (Å²) in [5.41, 5.74) is 2.50. The van der Waals surface area contributed by atoms with E-state index >= 15 is 0 Å². The number of rotatable bonds is 3. The number of aromatic nitrogens is 2. The van der Waals surface area contributed by atoms with Crippen LogP contribution >= 0.6 is 0 Å². The number of anilines is 3. The number of para-hydroxylation sites is 1. The van der Waals surface area contributed by atoms with Gasteiger partial charge in [-0.1, -0.05) is 18.2 Å². The van der Waals surface area contributed by atoms with Gasteiger partial charge in [-0.3, -0.25) is 5.32 Å². The molecule has 0 saturated heterocycles. The van der Waals surface area contributed by atoms with Gasteiger partial charge in [0.25, 0.3) is 0 Å². The maximum absolute atomic E-state index is 11.4. The summed E-state index contributed by atoms with van der Waals surface area (Å²) in [6, 6.07) is 11.9. The smallest absolute Gasteiger partial charge is 0.412 e. The van der Waals surface area contributed by atoms with Crippen molar-refractivity contribution in [2.24, 2.45) is 0 Å². The van der Waals surface area contributed by atoms with Crippen LogP contribution in [0.25, 0.3) is 0 Å². The molecule has 0 atom stereocenters. The second-order valence-corrected chi connectivity index (χ2v) is 5.01. The Hall–Kier alpha value is -2.63. The number of amides is 1. The van der Waals surface area contributed by atoms with Gasteiger partial charge in [-0.2, -0.15) is 0 Å². The SMILES string of the molecule is CCOC(=O)Nc1ccc(N2CCCc3ccccc32)nn1. The highest BCUT2D eigenvalue weighted by molar-refractivity contribution is 5.83. The fourth-order valence-corrected chi connectivity index (χ4v) is 2.58. The van der Waals surface area contributed by atoms with Crippen molar-refractivity contribution < 1.29 is 9.53 Å². The minimum Gasteiger partial charge on any atom is -0.450 e. The van der Waals surface area contributed by atoms with Gasteiger partial charge in [-0.25, -0.2) is 4.79 Å². The van der Waals surface area contributed by atoms with Gasteiger partial charge in [-0.05, 0) is 43.5 Å². The van der Waals surface area contributed by atoms with Crippen LogP contribution in [-0.2, 0) is 11.2 Å². The summed E-state index contributed by atoms with van der Waals surface area (Å²) in [6.45, 7) is 2.99. The van der Waals surface area contributed by atoms with E-state index in [-0.39, 0.29) is 0 Å². The average molecular weight is 298 g/mol. The van der Waals surface area contributed by atoms with Gasteiger partial charge >= 0.3 is 6.09 Å². The Bertz CT molecular complexity index is 657. The molecule has 1 aromatic heterocycles. The van der Waals surface area contributed by atoms with Crippen LogP contribution in [0.4, 0.5) is 22.1 Å². The van der Waals surface area contributed by atoms with Crippen LogP contribution in [-0.4, -0.2) is 29.4 Å². The number of nitrogens with zero attached hydrogens (tertiary/aromatic N) is 3. The molecular weight excluding hydrogens is 280 g/mol. The molecule has 114 valence electrons. The number of hydrogen-bond donors (Lipinski definition) is 1. The van der Waals surface area contributed by atoms with Crippen LogP contribution in [0.3, 0.4) is 0 Å². The first kappa shape index (κ1) is 14.3. The number of aryl methyl sites for hydroxylation is 1. The molecule has 0 fully saturated rings. The van der Waals surface area contributed by atoms with Crippen molar-refractivity contribution in [1.29, 1.82) is 0 Å². The second kappa shape index (κ2) is 6.43. The fraction of sp³-hybridized carbons (Fsp3) is 0.312. The molecule has 0 unspecified atom stereocenters. The molecule has 3 rings (SSSR count). The van der Waals surface area contributed by atoms with Crippen molar-refractivity contribution in [2.75, 3.05) is 23.4 Å². The standard InChI is InChI=1S/C16H18N4O2/c1-2-22-16(21)17-14-9-10-15(19-18-14)20-11-5-7-12-6-3-4-8-13(12)20/h3-4,6,8-10H,2,5,7,11H2,1H3,(H,17,18,21). The lowest BCUT2D eigenvalue weighted by molar-refractivity contribution is 0.168. The third-order valence-electron chi connectivity index (χ3n) is 3.54. The number of benzene rings is 1. The van der Waals surface area contributed by atoms with Gasteiger partial charge in [0, 0.05) is 12.2 Å². The molecule has 0 bridgehead atoms. The molecule has 1 aliphatic heterocycles. The number of carbonyl (C=O) groups excluding carboxylic acids is 1. The van der Waals surface area contributed by atoms with Crippen molar-refractivity contribution in [1.82, 2.24) is 10.2 Å². The van der Waals surface area contributed by atoms with Gasteiger partial charge in [0.15, 0.2) is 11.6 Å². The van der Waals surface area contributed by atoms with E-state index in [1.54, 1.807) is 13.0 Å². The normalized spacial score (nSPS) is 13.4. The van der Waals surface area contributed by atoms with Gasteiger partial charge in [0.05, 0.1) is 6.61 Å². The third-order valence-corrected chi connectivity index (χ3v) is 3.54. The molecule has 0 radical (unpaired) electrons. The number of ether oxygens (including phenoxy) is 1. The number of carbonyl (C=O) groups is 1. The van der Waals surface area contributed by atoms with E-state index in [2.05, 4.69) is 38.6 Å². The van der Waals surface area contributed by atoms with E-state index in [1.165, 1.54) is 11.3 Å². The lowest BCUT2D eigenvalue weighted by Crippen LogP contribution is -2.25.